The summed E-state index contributed by atoms with van der Waals surface area (Å²) in [4.78, 5) is 3.53. The van der Waals surface area contributed by atoms with E-state index < -0.39 is 0 Å². The van der Waals surface area contributed by atoms with Crippen molar-refractivity contribution in [2.45, 2.75) is 13.3 Å². The number of para-hydroxylation sites is 2. The van der Waals surface area contributed by atoms with Crippen molar-refractivity contribution in [3.05, 3.63) is 77.9 Å². The summed E-state index contributed by atoms with van der Waals surface area (Å²) in [7, 11) is 1.72. The van der Waals surface area contributed by atoms with Crippen molar-refractivity contribution in [2.75, 3.05) is 7.11 Å². The van der Waals surface area contributed by atoms with E-state index in [1.165, 1.54) is 32.9 Å². The summed E-state index contributed by atoms with van der Waals surface area (Å²) in [6.07, 6.45) is 3.20. The lowest BCUT2D eigenvalue weighted by atomic mass is 9.95. The molecule has 0 saturated carbocycles. The van der Waals surface area contributed by atoms with Crippen molar-refractivity contribution in [3.8, 4) is 5.75 Å². The van der Waals surface area contributed by atoms with Crippen LogP contribution in [0.25, 0.3) is 33.5 Å². The summed E-state index contributed by atoms with van der Waals surface area (Å²) in [6.45, 7) is 2.20. The maximum Gasteiger partial charge on any atom is 0.126 e. The molecular formula is C23H21NO. The predicted octanol–water partition coefficient (Wildman–Crippen LogP) is 6.28. The Kier molecular flexibility index (Phi) is 4.02. The van der Waals surface area contributed by atoms with Crippen LogP contribution in [-0.4, -0.2) is 12.1 Å². The minimum atomic E-state index is 0.902. The number of benzene rings is 3. The fourth-order valence-corrected chi connectivity index (χ4v) is 3.51. The molecule has 124 valence electrons. The Morgan fingerprint density at radius 2 is 1.68 bits per heavy atom. The van der Waals surface area contributed by atoms with Gasteiger partial charge in [0.1, 0.15) is 5.75 Å². The monoisotopic (exact) mass is 327 g/mol. The largest absolute Gasteiger partial charge is 0.496 e. The van der Waals surface area contributed by atoms with E-state index in [2.05, 4.69) is 66.5 Å². The van der Waals surface area contributed by atoms with E-state index in [1.54, 1.807) is 7.11 Å². The quantitative estimate of drug-likeness (QED) is 0.438. The maximum absolute atomic E-state index is 5.52. The smallest absolute Gasteiger partial charge is 0.126 e. The summed E-state index contributed by atoms with van der Waals surface area (Å²) in [6, 6.07) is 23.1. The number of rotatable bonds is 4. The van der Waals surface area contributed by atoms with Crippen molar-refractivity contribution < 1.29 is 4.74 Å². The van der Waals surface area contributed by atoms with Crippen LogP contribution in [0, 0.1) is 0 Å². The van der Waals surface area contributed by atoms with Gasteiger partial charge in [-0.3, -0.25) is 0 Å². The summed E-state index contributed by atoms with van der Waals surface area (Å²) >= 11 is 0. The lowest BCUT2D eigenvalue weighted by Gasteiger charge is -2.10. The lowest BCUT2D eigenvalue weighted by Crippen LogP contribution is -1.89. The van der Waals surface area contributed by atoms with E-state index >= 15 is 0 Å². The predicted molar refractivity (Wildman–Crippen MR) is 107 cm³/mol. The Morgan fingerprint density at radius 1 is 0.920 bits per heavy atom. The minimum absolute atomic E-state index is 0.902. The minimum Gasteiger partial charge on any atom is -0.496 e. The first-order valence-electron chi connectivity index (χ1n) is 8.65. The van der Waals surface area contributed by atoms with Crippen LogP contribution in [-0.2, 0) is 0 Å². The van der Waals surface area contributed by atoms with Crippen molar-refractivity contribution in [1.29, 1.82) is 0 Å². The molecule has 1 aromatic heterocycles. The second kappa shape index (κ2) is 6.48. The normalized spacial score (nSPS) is 12.0. The van der Waals surface area contributed by atoms with E-state index in [0.717, 1.165) is 17.7 Å². The molecule has 25 heavy (non-hydrogen) atoms. The van der Waals surface area contributed by atoms with Gasteiger partial charge in [0.15, 0.2) is 0 Å². The van der Waals surface area contributed by atoms with Gasteiger partial charge in [0.25, 0.3) is 0 Å². The number of H-pyrrole nitrogens is 1. The zero-order valence-corrected chi connectivity index (χ0v) is 14.5. The molecule has 0 fully saturated rings. The van der Waals surface area contributed by atoms with Crippen LogP contribution in [0.15, 0.2) is 66.7 Å². The van der Waals surface area contributed by atoms with Crippen LogP contribution >= 0.6 is 0 Å². The van der Waals surface area contributed by atoms with Crippen LogP contribution in [0.5, 0.6) is 5.75 Å². The van der Waals surface area contributed by atoms with Gasteiger partial charge in [-0.15, -0.1) is 0 Å². The van der Waals surface area contributed by atoms with E-state index in [1.807, 2.05) is 18.2 Å². The molecule has 4 aromatic rings. The van der Waals surface area contributed by atoms with Crippen molar-refractivity contribution in [3.63, 3.8) is 0 Å². The number of ether oxygens (including phenoxy) is 1. The van der Waals surface area contributed by atoms with Crippen LogP contribution in [0.3, 0.4) is 0 Å². The second-order valence-corrected chi connectivity index (χ2v) is 6.16. The van der Waals surface area contributed by atoms with E-state index in [9.17, 15) is 0 Å². The first kappa shape index (κ1) is 15.5. The number of aromatic amines is 1. The number of nitrogens with one attached hydrogen (secondary N) is 1. The number of hydrogen-bond donors (Lipinski definition) is 1. The number of allylic oxidation sites excluding steroid dienone is 1. The van der Waals surface area contributed by atoms with Gasteiger partial charge in [0, 0.05) is 27.4 Å². The number of methoxy groups -OCH3 is 1. The zero-order chi connectivity index (χ0) is 17.2. The summed E-state index contributed by atoms with van der Waals surface area (Å²) in [5.74, 6) is 0.902. The molecule has 1 heterocycles. The van der Waals surface area contributed by atoms with Gasteiger partial charge in [-0.25, -0.2) is 0 Å². The standard InChI is InChI=1S/C23H21NO/c1-3-16(15-17-9-4-7-14-22(17)25-2)18-11-8-13-21-23(18)19-10-5-6-12-20(19)24-21/h4-15,24H,3H2,1-2H3/b16-15+. The Morgan fingerprint density at radius 3 is 2.52 bits per heavy atom. The van der Waals surface area contributed by atoms with Crippen molar-refractivity contribution in [1.82, 2.24) is 4.98 Å². The average molecular weight is 327 g/mol. The molecule has 0 radical (unpaired) electrons. The fourth-order valence-electron chi connectivity index (χ4n) is 3.51. The van der Waals surface area contributed by atoms with E-state index in [-0.39, 0.29) is 0 Å². The SMILES string of the molecule is CC/C(=C\c1ccccc1OC)c1cccc2[nH]c3ccccc3c12. The Bertz CT molecular complexity index is 1070. The highest BCUT2D eigenvalue weighted by Gasteiger charge is 2.11. The molecule has 0 atom stereocenters. The Labute approximate surface area is 147 Å². The van der Waals surface area contributed by atoms with Gasteiger partial charge in [-0.05, 0) is 41.8 Å². The molecule has 0 aliphatic rings. The zero-order valence-electron chi connectivity index (χ0n) is 14.5. The molecule has 0 spiro atoms. The van der Waals surface area contributed by atoms with Crippen molar-refractivity contribution in [2.24, 2.45) is 0 Å². The fraction of sp³-hybridized carbons (Fsp3) is 0.130. The Balaban J connectivity index is 1.97. The molecule has 0 aliphatic heterocycles. The summed E-state index contributed by atoms with van der Waals surface area (Å²) in [5, 5.41) is 2.56. The van der Waals surface area contributed by atoms with Crippen molar-refractivity contribution >= 4 is 33.5 Å². The third-order valence-electron chi connectivity index (χ3n) is 4.73. The average Bonchev–Trinajstić information content (AvgIpc) is 3.05. The molecule has 3 aromatic carbocycles. The molecule has 0 unspecified atom stereocenters. The van der Waals surface area contributed by atoms with E-state index in [4.69, 9.17) is 4.74 Å². The van der Waals surface area contributed by atoms with Gasteiger partial charge in [0.2, 0.25) is 0 Å². The topological polar surface area (TPSA) is 25.0 Å². The highest BCUT2D eigenvalue weighted by molar-refractivity contribution is 6.13. The van der Waals surface area contributed by atoms with Crippen LogP contribution in [0.1, 0.15) is 24.5 Å². The summed E-state index contributed by atoms with van der Waals surface area (Å²) < 4.78 is 5.52. The van der Waals surface area contributed by atoms with Crippen LogP contribution < -0.4 is 4.74 Å². The number of aromatic nitrogens is 1. The van der Waals surface area contributed by atoms with Gasteiger partial charge in [0.05, 0.1) is 7.11 Å². The summed E-state index contributed by atoms with van der Waals surface area (Å²) in [5.41, 5.74) is 6.05. The van der Waals surface area contributed by atoms with E-state index in [0.29, 0.717) is 0 Å². The second-order valence-electron chi connectivity index (χ2n) is 6.16. The molecule has 2 nitrogen and oxygen atoms in total. The molecule has 4 rings (SSSR count). The Hall–Kier alpha value is -3.00. The highest BCUT2D eigenvalue weighted by atomic mass is 16.5. The first-order chi connectivity index (χ1) is 12.3. The van der Waals surface area contributed by atoms with Gasteiger partial charge < -0.3 is 9.72 Å². The van der Waals surface area contributed by atoms with Crippen LogP contribution in [0.2, 0.25) is 0 Å². The molecule has 2 heteroatoms. The maximum atomic E-state index is 5.52. The van der Waals surface area contributed by atoms with Gasteiger partial charge >= 0.3 is 0 Å². The molecule has 0 bridgehead atoms. The van der Waals surface area contributed by atoms with Gasteiger partial charge in [-0.2, -0.15) is 0 Å². The number of hydrogen-bond acceptors (Lipinski definition) is 1. The molecule has 0 amide bonds. The lowest BCUT2D eigenvalue weighted by molar-refractivity contribution is 0.414. The van der Waals surface area contributed by atoms with Crippen LogP contribution in [0.4, 0.5) is 0 Å². The third kappa shape index (κ3) is 2.70. The number of fused-ring (bicyclic) bond motifs is 3. The van der Waals surface area contributed by atoms with Gasteiger partial charge in [-0.1, -0.05) is 55.5 Å². The first-order valence-corrected chi connectivity index (χ1v) is 8.65. The molecule has 0 saturated heterocycles. The third-order valence-corrected chi connectivity index (χ3v) is 4.73. The molecule has 0 aliphatic carbocycles. The highest BCUT2D eigenvalue weighted by Crippen LogP contribution is 2.35. The molecular weight excluding hydrogens is 306 g/mol. The molecule has 1 N–H and O–H groups in total.